The Morgan fingerprint density at radius 3 is 2.80 bits per heavy atom. The van der Waals surface area contributed by atoms with Crippen molar-refractivity contribution in [2.24, 2.45) is 0 Å². The predicted molar refractivity (Wildman–Crippen MR) is 69.6 cm³/mol. The summed E-state index contributed by atoms with van der Waals surface area (Å²) in [6, 6.07) is 4.30. The van der Waals surface area contributed by atoms with E-state index in [2.05, 4.69) is 5.10 Å². The van der Waals surface area contributed by atoms with Crippen LogP contribution in [0.5, 0.6) is 0 Å². The van der Waals surface area contributed by atoms with Crippen molar-refractivity contribution in [1.29, 1.82) is 0 Å². The zero-order valence-electron chi connectivity index (χ0n) is 10.6. The first-order chi connectivity index (χ1) is 9.66. The van der Waals surface area contributed by atoms with Gasteiger partial charge < -0.3 is 9.64 Å². The maximum absolute atomic E-state index is 12.3. The monoisotopic (exact) mass is 276 g/mol. The lowest BCUT2D eigenvalue weighted by Gasteiger charge is -2.26. The van der Waals surface area contributed by atoms with Crippen LogP contribution in [-0.2, 0) is 4.74 Å². The number of ether oxygens (including phenoxy) is 1. The molecule has 0 spiro atoms. The Balaban J connectivity index is 1.98. The molecule has 1 fully saturated rings. The van der Waals surface area contributed by atoms with E-state index in [0.717, 1.165) is 4.68 Å². The number of aromatic nitrogens is 2. The number of hydrogen-bond donors (Lipinski definition) is 0. The third-order valence-corrected chi connectivity index (χ3v) is 3.20. The van der Waals surface area contributed by atoms with E-state index in [1.54, 1.807) is 17.0 Å². The number of fused-ring (bicyclic) bond motifs is 1. The second-order valence-electron chi connectivity index (χ2n) is 4.42. The maximum Gasteiger partial charge on any atom is 0.344 e. The Hall–Kier alpha value is -2.48. The molecule has 0 aliphatic carbocycles. The fourth-order valence-electron chi connectivity index (χ4n) is 2.18. The van der Waals surface area contributed by atoms with E-state index in [4.69, 9.17) is 4.74 Å². The van der Waals surface area contributed by atoms with Crippen LogP contribution in [0.15, 0.2) is 24.4 Å². The molecule has 0 bridgehead atoms. The Bertz CT molecular complexity index is 675. The van der Waals surface area contributed by atoms with Crippen molar-refractivity contribution in [2.75, 3.05) is 26.3 Å². The first-order valence-electron chi connectivity index (χ1n) is 6.16. The molecule has 1 aliphatic heterocycles. The molecule has 20 heavy (non-hydrogen) atoms. The highest BCUT2D eigenvalue weighted by molar-refractivity contribution is 5.90. The van der Waals surface area contributed by atoms with Crippen LogP contribution in [0, 0.1) is 10.1 Å². The first-order valence-corrected chi connectivity index (χ1v) is 6.16. The number of rotatable bonds is 1. The molecular formula is C12H12N4O4. The van der Waals surface area contributed by atoms with Crippen LogP contribution in [0.2, 0.25) is 0 Å². The minimum atomic E-state index is -0.479. The van der Waals surface area contributed by atoms with Crippen LogP contribution >= 0.6 is 0 Å². The Kier molecular flexibility index (Phi) is 3.07. The van der Waals surface area contributed by atoms with Crippen LogP contribution in [0.25, 0.3) is 10.9 Å². The van der Waals surface area contributed by atoms with Crippen LogP contribution in [0.1, 0.15) is 0 Å². The molecule has 0 atom stereocenters. The molecule has 8 nitrogen and oxygen atoms in total. The zero-order chi connectivity index (χ0) is 14.1. The van der Waals surface area contributed by atoms with Gasteiger partial charge in [0, 0.05) is 19.2 Å². The molecule has 8 heteroatoms. The number of non-ortho nitro benzene ring substituents is 1. The molecule has 1 aromatic carbocycles. The molecule has 1 aromatic heterocycles. The van der Waals surface area contributed by atoms with E-state index in [0.29, 0.717) is 37.2 Å². The molecule has 1 aliphatic rings. The van der Waals surface area contributed by atoms with Gasteiger partial charge in [-0.15, -0.1) is 0 Å². The van der Waals surface area contributed by atoms with Gasteiger partial charge in [-0.1, -0.05) is 6.07 Å². The molecule has 2 aromatic rings. The molecule has 0 N–H and O–H groups in total. The average molecular weight is 276 g/mol. The number of nitro benzene ring substituents is 1. The van der Waals surface area contributed by atoms with Gasteiger partial charge in [-0.3, -0.25) is 10.1 Å². The highest BCUT2D eigenvalue weighted by Gasteiger charge is 2.21. The quantitative estimate of drug-likeness (QED) is 0.577. The van der Waals surface area contributed by atoms with Crippen LogP contribution in [0.4, 0.5) is 10.5 Å². The number of nitro groups is 1. The van der Waals surface area contributed by atoms with E-state index in [1.165, 1.54) is 12.3 Å². The lowest BCUT2D eigenvalue weighted by molar-refractivity contribution is -0.383. The lowest BCUT2D eigenvalue weighted by atomic mass is 10.2. The Labute approximate surface area is 113 Å². The summed E-state index contributed by atoms with van der Waals surface area (Å²) < 4.78 is 6.34. The standard InChI is InChI=1S/C12H12N4O4/c17-12(14-4-6-20-7-5-14)15-8-9-10(13-15)2-1-3-11(9)16(18)19/h1-3,8H,4-7H2. The normalized spacial score (nSPS) is 15.5. The number of carbonyl (C=O) groups excluding carboxylic acids is 1. The minimum Gasteiger partial charge on any atom is -0.378 e. The number of benzene rings is 1. The molecule has 2 heterocycles. The summed E-state index contributed by atoms with van der Waals surface area (Å²) in [5.41, 5.74) is 0.379. The van der Waals surface area contributed by atoms with Gasteiger partial charge in [0.1, 0.15) is 0 Å². The molecular weight excluding hydrogens is 264 g/mol. The van der Waals surface area contributed by atoms with Gasteiger partial charge in [0.25, 0.3) is 5.69 Å². The average Bonchev–Trinajstić information content (AvgIpc) is 2.90. The molecule has 3 rings (SSSR count). The fraction of sp³-hybridized carbons (Fsp3) is 0.333. The number of hydrogen-bond acceptors (Lipinski definition) is 5. The zero-order valence-corrected chi connectivity index (χ0v) is 10.6. The van der Waals surface area contributed by atoms with Crippen molar-refractivity contribution in [3.63, 3.8) is 0 Å². The summed E-state index contributed by atoms with van der Waals surface area (Å²) in [5.74, 6) is 0. The minimum absolute atomic E-state index is 0.0523. The van der Waals surface area contributed by atoms with E-state index < -0.39 is 4.92 Å². The Morgan fingerprint density at radius 2 is 2.10 bits per heavy atom. The van der Waals surface area contributed by atoms with Gasteiger partial charge in [-0.05, 0) is 6.07 Å². The number of nitrogens with zero attached hydrogens (tertiary/aromatic N) is 4. The topological polar surface area (TPSA) is 90.5 Å². The van der Waals surface area contributed by atoms with Gasteiger partial charge in [-0.25, -0.2) is 4.79 Å². The molecule has 0 saturated carbocycles. The summed E-state index contributed by atoms with van der Waals surface area (Å²) in [6.45, 7) is 1.98. The van der Waals surface area contributed by atoms with Crippen LogP contribution < -0.4 is 0 Å². The second-order valence-corrected chi connectivity index (χ2v) is 4.42. The summed E-state index contributed by atoms with van der Waals surface area (Å²) in [7, 11) is 0. The van der Waals surface area contributed by atoms with Gasteiger partial charge >= 0.3 is 6.03 Å². The number of morpholine rings is 1. The predicted octanol–water partition coefficient (Wildman–Crippen LogP) is 1.24. The third-order valence-electron chi connectivity index (χ3n) is 3.20. The number of carbonyl (C=O) groups is 1. The number of amides is 1. The van der Waals surface area contributed by atoms with E-state index in [-0.39, 0.29) is 11.7 Å². The SMILES string of the molecule is O=C(N1CCOCC1)n1cc2c([N+](=O)[O-])cccc2n1. The maximum atomic E-state index is 12.3. The highest BCUT2D eigenvalue weighted by atomic mass is 16.6. The van der Waals surface area contributed by atoms with E-state index in [1.807, 2.05) is 0 Å². The van der Waals surface area contributed by atoms with Crippen molar-refractivity contribution < 1.29 is 14.5 Å². The second kappa shape index (κ2) is 4.89. The summed E-state index contributed by atoms with van der Waals surface area (Å²) in [4.78, 5) is 24.3. The summed E-state index contributed by atoms with van der Waals surface area (Å²) >= 11 is 0. The fourth-order valence-corrected chi connectivity index (χ4v) is 2.18. The van der Waals surface area contributed by atoms with E-state index in [9.17, 15) is 14.9 Å². The van der Waals surface area contributed by atoms with Gasteiger partial charge in [0.2, 0.25) is 0 Å². The van der Waals surface area contributed by atoms with Crippen LogP contribution in [-0.4, -0.2) is 51.9 Å². The van der Waals surface area contributed by atoms with Crippen molar-refractivity contribution in [3.8, 4) is 0 Å². The molecule has 104 valence electrons. The molecule has 1 amide bonds. The van der Waals surface area contributed by atoms with Gasteiger partial charge in [0.05, 0.1) is 35.2 Å². The van der Waals surface area contributed by atoms with Crippen molar-refractivity contribution in [3.05, 3.63) is 34.5 Å². The smallest absolute Gasteiger partial charge is 0.344 e. The Morgan fingerprint density at radius 1 is 1.35 bits per heavy atom. The first kappa shape index (κ1) is 12.5. The van der Waals surface area contributed by atoms with Gasteiger partial charge in [0.15, 0.2) is 0 Å². The lowest BCUT2D eigenvalue weighted by Crippen LogP contribution is -2.43. The van der Waals surface area contributed by atoms with Crippen molar-refractivity contribution in [1.82, 2.24) is 14.7 Å². The van der Waals surface area contributed by atoms with E-state index >= 15 is 0 Å². The molecule has 0 unspecified atom stereocenters. The third kappa shape index (κ3) is 2.10. The summed E-state index contributed by atoms with van der Waals surface area (Å²) in [5, 5.41) is 15.4. The van der Waals surface area contributed by atoms with Crippen molar-refractivity contribution in [2.45, 2.75) is 0 Å². The molecule has 1 saturated heterocycles. The summed E-state index contributed by atoms with van der Waals surface area (Å²) in [6.07, 6.45) is 1.41. The van der Waals surface area contributed by atoms with Crippen LogP contribution in [0.3, 0.4) is 0 Å². The van der Waals surface area contributed by atoms with Gasteiger partial charge in [-0.2, -0.15) is 9.78 Å². The highest BCUT2D eigenvalue weighted by Crippen LogP contribution is 2.24. The molecule has 0 radical (unpaired) electrons. The van der Waals surface area contributed by atoms with Crippen molar-refractivity contribution >= 4 is 22.6 Å². The largest absolute Gasteiger partial charge is 0.378 e.